The molecule has 0 spiro atoms. The summed E-state index contributed by atoms with van der Waals surface area (Å²) in [6.45, 7) is 6.85. The minimum absolute atomic E-state index is 0.287. The van der Waals surface area contributed by atoms with E-state index in [1.54, 1.807) is 7.11 Å². The third-order valence-corrected chi connectivity index (χ3v) is 2.27. The van der Waals surface area contributed by atoms with Crippen LogP contribution in [-0.4, -0.2) is 36.6 Å². The summed E-state index contributed by atoms with van der Waals surface area (Å²) in [6.07, 6.45) is 5.08. The second kappa shape index (κ2) is 6.58. The second-order valence-electron chi connectivity index (χ2n) is 3.81. The van der Waals surface area contributed by atoms with Gasteiger partial charge in [0.15, 0.2) is 0 Å². The number of hydrogen-bond acceptors (Lipinski definition) is 3. The first-order valence-electron chi connectivity index (χ1n) is 5.48. The van der Waals surface area contributed by atoms with Crippen molar-refractivity contribution < 1.29 is 4.74 Å². The van der Waals surface area contributed by atoms with Gasteiger partial charge in [-0.1, -0.05) is 6.92 Å². The van der Waals surface area contributed by atoms with Gasteiger partial charge in [-0.2, -0.15) is 5.10 Å². The van der Waals surface area contributed by atoms with Crippen LogP contribution >= 0.6 is 0 Å². The highest BCUT2D eigenvalue weighted by atomic mass is 16.5. The molecule has 0 bridgehead atoms. The lowest BCUT2D eigenvalue weighted by Crippen LogP contribution is -2.29. The van der Waals surface area contributed by atoms with Crippen LogP contribution in [0.25, 0.3) is 0 Å². The number of nitrogens with one attached hydrogen (secondary N) is 1. The Morgan fingerprint density at radius 3 is 2.93 bits per heavy atom. The van der Waals surface area contributed by atoms with Gasteiger partial charge in [0.1, 0.15) is 0 Å². The van der Waals surface area contributed by atoms with Crippen LogP contribution in [0.4, 0.5) is 0 Å². The molecular formula is C11H21N3O. The van der Waals surface area contributed by atoms with E-state index in [0.29, 0.717) is 6.61 Å². The molecule has 4 nitrogen and oxygen atoms in total. The maximum atomic E-state index is 5.20. The quantitative estimate of drug-likeness (QED) is 0.692. The van der Waals surface area contributed by atoms with E-state index in [9.17, 15) is 0 Å². The maximum absolute atomic E-state index is 5.20. The monoisotopic (exact) mass is 211 g/mol. The van der Waals surface area contributed by atoms with Gasteiger partial charge in [0.05, 0.1) is 18.8 Å². The van der Waals surface area contributed by atoms with Crippen LogP contribution < -0.4 is 5.32 Å². The van der Waals surface area contributed by atoms with Gasteiger partial charge in [-0.3, -0.25) is 4.68 Å². The fraction of sp³-hybridized carbons (Fsp3) is 0.727. The predicted molar refractivity (Wildman–Crippen MR) is 61.0 cm³/mol. The summed E-state index contributed by atoms with van der Waals surface area (Å²) in [7, 11) is 1.73. The van der Waals surface area contributed by atoms with E-state index >= 15 is 0 Å². The summed E-state index contributed by atoms with van der Waals surface area (Å²) in [5, 5.41) is 7.70. The zero-order chi connectivity index (χ0) is 11.1. The lowest BCUT2D eigenvalue weighted by atomic mass is 10.3. The van der Waals surface area contributed by atoms with Crippen molar-refractivity contribution in [3.05, 3.63) is 18.0 Å². The average Bonchev–Trinajstić information content (AvgIpc) is 2.64. The Hall–Kier alpha value is -0.870. The maximum Gasteiger partial charge on any atom is 0.0876 e. The van der Waals surface area contributed by atoms with E-state index in [-0.39, 0.29) is 6.04 Å². The third kappa shape index (κ3) is 4.01. The van der Waals surface area contributed by atoms with Gasteiger partial charge in [-0.25, -0.2) is 0 Å². The molecule has 0 fully saturated rings. The van der Waals surface area contributed by atoms with Crippen molar-refractivity contribution in [2.24, 2.45) is 0 Å². The number of ether oxygens (including phenoxy) is 1. The molecule has 1 rings (SSSR count). The fourth-order valence-corrected chi connectivity index (χ4v) is 1.50. The highest BCUT2D eigenvalue weighted by molar-refractivity contribution is 5.00. The molecule has 0 saturated heterocycles. The van der Waals surface area contributed by atoms with Gasteiger partial charge < -0.3 is 10.1 Å². The molecule has 86 valence electrons. The van der Waals surface area contributed by atoms with Crippen molar-refractivity contribution in [1.29, 1.82) is 0 Å². The lowest BCUT2D eigenvalue weighted by molar-refractivity contribution is 0.148. The first kappa shape index (κ1) is 12.2. The zero-order valence-electron chi connectivity index (χ0n) is 9.86. The average molecular weight is 211 g/mol. The van der Waals surface area contributed by atoms with Crippen molar-refractivity contribution in [1.82, 2.24) is 15.1 Å². The molecule has 0 aliphatic heterocycles. The van der Waals surface area contributed by atoms with Gasteiger partial charge in [-0.05, 0) is 25.5 Å². The van der Waals surface area contributed by atoms with E-state index in [0.717, 1.165) is 19.5 Å². The molecule has 1 aromatic rings. The molecule has 1 unspecified atom stereocenters. The van der Waals surface area contributed by atoms with Crippen LogP contribution in [-0.2, 0) is 4.74 Å². The normalized spacial score (nSPS) is 13.0. The number of nitrogens with zero attached hydrogens (tertiary/aromatic N) is 2. The Bertz CT molecular complexity index is 273. The summed E-state index contributed by atoms with van der Waals surface area (Å²) < 4.78 is 7.17. The number of hydrogen-bond donors (Lipinski definition) is 1. The molecule has 1 atom stereocenters. The first-order valence-corrected chi connectivity index (χ1v) is 5.48. The Morgan fingerprint density at radius 1 is 1.60 bits per heavy atom. The zero-order valence-corrected chi connectivity index (χ0v) is 9.86. The van der Waals surface area contributed by atoms with Crippen LogP contribution in [0.5, 0.6) is 0 Å². The summed E-state index contributed by atoms with van der Waals surface area (Å²) >= 11 is 0. The molecule has 1 aromatic heterocycles. The van der Waals surface area contributed by atoms with Crippen LogP contribution in [0.2, 0.25) is 0 Å². The minimum Gasteiger partial charge on any atom is -0.382 e. The smallest absolute Gasteiger partial charge is 0.0876 e. The van der Waals surface area contributed by atoms with Crippen molar-refractivity contribution in [3.8, 4) is 0 Å². The standard InChI is InChI=1S/C11H21N3O/c1-4-5-12-7-11(9-15-3)14-8-10(2)6-13-14/h6,8,11-12H,4-5,7,9H2,1-3H3. The summed E-state index contributed by atoms with van der Waals surface area (Å²) in [5.41, 5.74) is 1.19. The van der Waals surface area contributed by atoms with Crippen LogP contribution in [0.15, 0.2) is 12.4 Å². The van der Waals surface area contributed by atoms with Crippen molar-refractivity contribution >= 4 is 0 Å². The van der Waals surface area contributed by atoms with E-state index in [1.807, 2.05) is 17.8 Å². The second-order valence-corrected chi connectivity index (χ2v) is 3.81. The topological polar surface area (TPSA) is 39.1 Å². The highest BCUT2D eigenvalue weighted by Crippen LogP contribution is 2.06. The van der Waals surface area contributed by atoms with Gasteiger partial charge in [0.25, 0.3) is 0 Å². The molecule has 0 saturated carbocycles. The van der Waals surface area contributed by atoms with Crippen molar-refractivity contribution in [3.63, 3.8) is 0 Å². The summed E-state index contributed by atoms with van der Waals surface area (Å²) in [5.74, 6) is 0. The third-order valence-electron chi connectivity index (χ3n) is 2.27. The summed E-state index contributed by atoms with van der Waals surface area (Å²) in [6, 6.07) is 0.287. The van der Waals surface area contributed by atoms with Gasteiger partial charge >= 0.3 is 0 Å². The van der Waals surface area contributed by atoms with Gasteiger partial charge in [-0.15, -0.1) is 0 Å². The molecule has 1 heterocycles. The fourth-order valence-electron chi connectivity index (χ4n) is 1.50. The molecule has 0 aliphatic carbocycles. The number of aromatic nitrogens is 2. The van der Waals surface area contributed by atoms with E-state index in [2.05, 4.69) is 23.5 Å². The Labute approximate surface area is 91.6 Å². The van der Waals surface area contributed by atoms with E-state index in [4.69, 9.17) is 4.74 Å². The van der Waals surface area contributed by atoms with Crippen LogP contribution in [0.3, 0.4) is 0 Å². The molecule has 0 aliphatic rings. The predicted octanol–water partition coefficient (Wildman–Crippen LogP) is 1.38. The molecular weight excluding hydrogens is 190 g/mol. The SMILES string of the molecule is CCCNCC(COC)n1cc(C)cn1. The minimum atomic E-state index is 0.287. The van der Waals surface area contributed by atoms with Crippen LogP contribution in [0, 0.1) is 6.92 Å². The van der Waals surface area contributed by atoms with E-state index < -0.39 is 0 Å². The van der Waals surface area contributed by atoms with E-state index in [1.165, 1.54) is 5.56 Å². The van der Waals surface area contributed by atoms with Gasteiger partial charge in [0.2, 0.25) is 0 Å². The molecule has 0 aromatic carbocycles. The Kier molecular flexibility index (Phi) is 5.36. The largest absolute Gasteiger partial charge is 0.382 e. The number of rotatable bonds is 7. The molecule has 4 heteroatoms. The summed E-state index contributed by atoms with van der Waals surface area (Å²) in [4.78, 5) is 0. The first-order chi connectivity index (χ1) is 7.27. The Balaban J connectivity index is 2.49. The van der Waals surface area contributed by atoms with Crippen LogP contribution in [0.1, 0.15) is 24.9 Å². The van der Waals surface area contributed by atoms with Crippen molar-refractivity contribution in [2.45, 2.75) is 26.3 Å². The van der Waals surface area contributed by atoms with Gasteiger partial charge in [0, 0.05) is 19.9 Å². The highest BCUT2D eigenvalue weighted by Gasteiger charge is 2.10. The molecule has 0 amide bonds. The molecule has 0 radical (unpaired) electrons. The molecule has 1 N–H and O–H groups in total. The molecule has 15 heavy (non-hydrogen) atoms. The van der Waals surface area contributed by atoms with Crippen molar-refractivity contribution in [2.75, 3.05) is 26.8 Å². The number of aryl methyl sites for hydroxylation is 1. The number of methoxy groups -OCH3 is 1. The lowest BCUT2D eigenvalue weighted by Gasteiger charge is -2.17. The Morgan fingerprint density at radius 2 is 2.40 bits per heavy atom.